The second kappa shape index (κ2) is 17.2. The molecule has 2 amide bonds. The second-order valence-corrected chi connectivity index (χ2v) is 12.3. The van der Waals surface area contributed by atoms with Crippen molar-refractivity contribution in [3.8, 4) is 17.4 Å². The Balaban J connectivity index is 1.29. The first-order valence-electron chi connectivity index (χ1n) is 16.6. The number of rotatable bonds is 15. The van der Waals surface area contributed by atoms with E-state index in [9.17, 15) is 9.59 Å². The van der Waals surface area contributed by atoms with Crippen LogP contribution in [0.4, 0.5) is 16.0 Å². The van der Waals surface area contributed by atoms with Crippen LogP contribution < -0.4 is 20.1 Å². The first kappa shape index (κ1) is 36.5. The lowest BCUT2D eigenvalue weighted by Gasteiger charge is -2.32. The highest BCUT2D eigenvalue weighted by Crippen LogP contribution is 2.32. The van der Waals surface area contributed by atoms with E-state index >= 15 is 4.39 Å². The maximum absolute atomic E-state index is 15.0. The van der Waals surface area contributed by atoms with Crippen LogP contribution in [0.3, 0.4) is 0 Å². The Morgan fingerprint density at radius 1 is 1.06 bits per heavy atom. The maximum atomic E-state index is 15.0. The molecule has 2 aromatic heterocycles. The third-order valence-electron chi connectivity index (χ3n) is 8.20. The van der Waals surface area contributed by atoms with Gasteiger partial charge in [0.05, 0.1) is 18.2 Å². The highest BCUT2D eigenvalue weighted by molar-refractivity contribution is 6.32. The molecule has 1 aliphatic rings. The number of benzene rings is 2. The van der Waals surface area contributed by atoms with E-state index in [-0.39, 0.29) is 46.4 Å². The summed E-state index contributed by atoms with van der Waals surface area (Å²) in [6.45, 7) is 12.1. The highest BCUT2D eigenvalue weighted by atomic mass is 35.5. The number of hydrogen-bond acceptors (Lipinski definition) is 11. The van der Waals surface area contributed by atoms with Gasteiger partial charge in [-0.1, -0.05) is 16.8 Å². The monoisotopic (exact) mass is 708 g/mol. The Kier molecular flexibility index (Phi) is 12.6. The number of likely N-dealkylation sites (N-methyl/N-ethyl adjacent to an activating group) is 1. The van der Waals surface area contributed by atoms with Crippen LogP contribution in [0.25, 0.3) is 0 Å². The molecule has 2 N–H and O–H groups in total. The molecule has 0 aliphatic carbocycles. The van der Waals surface area contributed by atoms with Gasteiger partial charge in [-0.25, -0.2) is 9.37 Å². The van der Waals surface area contributed by atoms with Crippen molar-refractivity contribution in [1.29, 1.82) is 0 Å². The predicted octanol–water partition coefficient (Wildman–Crippen LogP) is 5.53. The normalized spacial score (nSPS) is 13.6. The van der Waals surface area contributed by atoms with E-state index in [0.29, 0.717) is 42.4 Å². The molecule has 0 spiro atoms. The molecule has 1 fully saturated rings. The molecule has 3 heterocycles. The smallest absolute Gasteiger partial charge is 0.258 e. The molecule has 1 aliphatic heterocycles. The van der Waals surface area contributed by atoms with E-state index in [1.165, 1.54) is 24.4 Å². The number of piperazine rings is 1. The van der Waals surface area contributed by atoms with Crippen LogP contribution in [0.5, 0.6) is 17.4 Å². The first-order valence-corrected chi connectivity index (χ1v) is 17.0. The number of halogens is 2. The summed E-state index contributed by atoms with van der Waals surface area (Å²) in [5.41, 5.74) is 1.27. The lowest BCUT2D eigenvalue weighted by Crippen LogP contribution is -2.44. The van der Waals surface area contributed by atoms with Crippen LogP contribution in [-0.2, 0) is 6.54 Å². The summed E-state index contributed by atoms with van der Waals surface area (Å²) in [5, 5.41) is 9.74. The molecule has 0 radical (unpaired) electrons. The minimum Gasteiger partial charge on any atom is -0.490 e. The zero-order chi connectivity index (χ0) is 35.6. The van der Waals surface area contributed by atoms with Gasteiger partial charge in [-0.3, -0.25) is 9.59 Å². The lowest BCUT2D eigenvalue weighted by atomic mass is 10.2. The van der Waals surface area contributed by atoms with Gasteiger partial charge < -0.3 is 39.3 Å². The predicted molar refractivity (Wildman–Crippen MR) is 187 cm³/mol. The van der Waals surface area contributed by atoms with Gasteiger partial charge in [0.25, 0.3) is 11.8 Å². The maximum Gasteiger partial charge on any atom is 0.258 e. The van der Waals surface area contributed by atoms with Gasteiger partial charge in [0.2, 0.25) is 11.8 Å². The topological polar surface area (TPSA) is 138 Å². The van der Waals surface area contributed by atoms with Crippen LogP contribution in [0.2, 0.25) is 5.02 Å². The van der Waals surface area contributed by atoms with Gasteiger partial charge in [0, 0.05) is 75.4 Å². The number of nitrogens with one attached hydrogen (secondary N) is 2. The molecule has 50 heavy (non-hydrogen) atoms. The molecule has 0 atom stereocenters. The van der Waals surface area contributed by atoms with Crippen molar-refractivity contribution >= 4 is 35.1 Å². The summed E-state index contributed by atoms with van der Waals surface area (Å²) in [4.78, 5) is 41.2. The Morgan fingerprint density at radius 2 is 1.82 bits per heavy atom. The Bertz CT molecular complexity index is 1780. The summed E-state index contributed by atoms with van der Waals surface area (Å²) in [6.07, 6.45) is 2.07. The number of anilines is 2. The molecular weight excluding hydrogens is 667 g/mol. The van der Waals surface area contributed by atoms with Crippen molar-refractivity contribution in [2.75, 3.05) is 64.8 Å². The van der Waals surface area contributed by atoms with Crippen molar-refractivity contribution in [3.63, 3.8) is 0 Å². The third-order valence-corrected chi connectivity index (χ3v) is 8.50. The molecular formula is C35H42ClFN8O5. The summed E-state index contributed by atoms with van der Waals surface area (Å²) in [5.74, 6) is -0.441. The van der Waals surface area contributed by atoms with Gasteiger partial charge >= 0.3 is 0 Å². The fraction of sp³-hybridized carbons (Fsp3) is 0.400. The van der Waals surface area contributed by atoms with Gasteiger partial charge in [-0.05, 0) is 64.6 Å². The van der Waals surface area contributed by atoms with Crippen molar-refractivity contribution in [2.45, 2.75) is 33.7 Å². The number of ether oxygens (including phenoxy) is 2. The minimum atomic E-state index is -0.545. The molecule has 15 heteroatoms. The molecule has 0 unspecified atom stereocenters. The van der Waals surface area contributed by atoms with Crippen LogP contribution in [0.1, 0.15) is 52.4 Å². The Hall–Kier alpha value is -4.79. The van der Waals surface area contributed by atoms with Gasteiger partial charge in [0.15, 0.2) is 11.6 Å². The molecule has 2 aromatic carbocycles. The van der Waals surface area contributed by atoms with E-state index in [2.05, 4.69) is 42.6 Å². The minimum absolute atomic E-state index is 0.00151. The van der Waals surface area contributed by atoms with Crippen LogP contribution >= 0.6 is 11.6 Å². The Morgan fingerprint density at radius 3 is 2.50 bits per heavy atom. The standard InChI is InChI=1S/C35H42ClFN8O5/c1-5-45(6-2)34(47)24-8-10-30(28(36)19-24)49-33-27(32(46)38-21-26-18-23(3)50-42-26)22-39-35(41-33)40-25-9-11-31(29(37)20-25)48-17-7-12-44-15-13-43(4)14-16-44/h8-11,18-20,22H,5-7,12-17,21H2,1-4H3,(H,38,46)(H,39,40,41). The summed E-state index contributed by atoms with van der Waals surface area (Å²) in [7, 11) is 2.12. The van der Waals surface area contributed by atoms with Crippen molar-refractivity contribution < 1.29 is 28.0 Å². The molecule has 5 rings (SSSR count). The number of aryl methyl sites for hydroxylation is 1. The van der Waals surface area contributed by atoms with Crippen LogP contribution in [0, 0.1) is 12.7 Å². The van der Waals surface area contributed by atoms with Crippen molar-refractivity contribution in [3.05, 3.63) is 82.1 Å². The molecule has 4 aromatic rings. The van der Waals surface area contributed by atoms with Gasteiger partial charge in [-0.15, -0.1) is 0 Å². The summed E-state index contributed by atoms with van der Waals surface area (Å²) >= 11 is 6.55. The van der Waals surface area contributed by atoms with E-state index in [0.717, 1.165) is 39.1 Å². The third kappa shape index (κ3) is 9.67. The zero-order valence-corrected chi connectivity index (χ0v) is 29.4. The van der Waals surface area contributed by atoms with E-state index in [1.54, 1.807) is 36.1 Å². The van der Waals surface area contributed by atoms with Crippen LogP contribution in [-0.4, -0.2) is 101 Å². The zero-order valence-electron chi connectivity index (χ0n) is 28.7. The fourth-order valence-electron chi connectivity index (χ4n) is 5.31. The van der Waals surface area contributed by atoms with E-state index < -0.39 is 11.7 Å². The second-order valence-electron chi connectivity index (χ2n) is 11.9. The van der Waals surface area contributed by atoms with Gasteiger partial charge in [-0.2, -0.15) is 4.98 Å². The average molecular weight is 709 g/mol. The molecule has 0 bridgehead atoms. The van der Waals surface area contributed by atoms with Crippen molar-refractivity contribution in [2.24, 2.45) is 0 Å². The molecule has 1 saturated heterocycles. The number of carbonyl (C=O) groups excluding carboxylic acids is 2. The first-order chi connectivity index (χ1) is 24.1. The van der Waals surface area contributed by atoms with Crippen LogP contribution in [0.15, 0.2) is 53.2 Å². The van der Waals surface area contributed by atoms with E-state index in [1.807, 2.05) is 13.8 Å². The highest BCUT2D eigenvalue weighted by Gasteiger charge is 2.21. The Labute approximate surface area is 295 Å². The quantitative estimate of drug-likeness (QED) is 0.151. The number of amides is 2. The number of hydrogen-bond donors (Lipinski definition) is 2. The fourth-order valence-corrected chi connectivity index (χ4v) is 5.53. The lowest BCUT2D eigenvalue weighted by molar-refractivity contribution is 0.0772. The summed E-state index contributed by atoms with van der Waals surface area (Å²) in [6, 6.07) is 10.8. The number of nitrogens with zero attached hydrogens (tertiary/aromatic N) is 6. The SMILES string of the molecule is CCN(CC)C(=O)c1ccc(Oc2nc(Nc3ccc(OCCCN4CCN(C)CC4)c(F)c3)ncc2C(=O)NCc2cc(C)on2)c(Cl)c1. The largest absolute Gasteiger partial charge is 0.490 e. The molecule has 13 nitrogen and oxygen atoms in total. The van der Waals surface area contributed by atoms with Crippen molar-refractivity contribution in [1.82, 2.24) is 35.1 Å². The molecule has 266 valence electrons. The average Bonchev–Trinajstić information content (AvgIpc) is 3.53. The number of carbonyl (C=O) groups is 2. The molecule has 0 saturated carbocycles. The van der Waals surface area contributed by atoms with Gasteiger partial charge in [0.1, 0.15) is 22.8 Å². The van der Waals surface area contributed by atoms with E-state index in [4.69, 9.17) is 25.6 Å². The number of aromatic nitrogens is 3. The summed E-state index contributed by atoms with van der Waals surface area (Å²) < 4.78 is 31.9.